The minimum absolute atomic E-state index is 0.00708. The van der Waals surface area contributed by atoms with Crippen molar-refractivity contribution in [2.45, 2.75) is 37.2 Å². The Morgan fingerprint density at radius 3 is 2.43 bits per heavy atom. The van der Waals surface area contributed by atoms with Gasteiger partial charge in [0.05, 0.1) is 23.1 Å². The summed E-state index contributed by atoms with van der Waals surface area (Å²) in [5.41, 5.74) is 0.436. The molecule has 1 saturated carbocycles. The van der Waals surface area contributed by atoms with Crippen LogP contribution in [0.2, 0.25) is 0 Å². The summed E-state index contributed by atoms with van der Waals surface area (Å²) < 4.78 is 29.1. The van der Waals surface area contributed by atoms with Crippen LogP contribution in [0.1, 0.15) is 30.1 Å². The Labute approximate surface area is 135 Å². The maximum absolute atomic E-state index is 12.9. The van der Waals surface area contributed by atoms with Gasteiger partial charge in [-0.2, -0.15) is 9.57 Å². The highest BCUT2D eigenvalue weighted by Crippen LogP contribution is 2.33. The largest absolute Gasteiger partial charge is 0.317 e. The molecule has 0 atom stereocenters. The zero-order chi connectivity index (χ0) is 16.6. The van der Waals surface area contributed by atoms with E-state index in [0.29, 0.717) is 11.4 Å². The van der Waals surface area contributed by atoms with Gasteiger partial charge in [0, 0.05) is 13.1 Å². The van der Waals surface area contributed by atoms with E-state index in [4.69, 9.17) is 5.26 Å². The van der Waals surface area contributed by atoms with Gasteiger partial charge in [-0.05, 0) is 44.0 Å². The van der Waals surface area contributed by atoms with Crippen molar-refractivity contribution in [3.63, 3.8) is 0 Å². The van der Waals surface area contributed by atoms with Crippen molar-refractivity contribution >= 4 is 10.0 Å². The molecule has 1 heterocycles. The van der Waals surface area contributed by atoms with E-state index < -0.39 is 10.0 Å². The number of rotatable bonds is 5. The van der Waals surface area contributed by atoms with Crippen molar-refractivity contribution in [2.75, 3.05) is 0 Å². The Bertz CT molecular complexity index is 860. The second-order valence-corrected chi connectivity index (χ2v) is 7.53. The summed E-state index contributed by atoms with van der Waals surface area (Å²) >= 11 is 0. The van der Waals surface area contributed by atoms with E-state index in [1.807, 2.05) is 20.0 Å². The second kappa shape index (κ2) is 5.76. The molecule has 0 saturated heterocycles. The lowest BCUT2D eigenvalue weighted by atomic mass is 10.2. The first-order valence-electron chi connectivity index (χ1n) is 7.30. The Balaban J connectivity index is 1.93. The highest BCUT2D eigenvalue weighted by molar-refractivity contribution is 7.89. The molecule has 1 aromatic carbocycles. The fraction of sp³-hybridized carbons (Fsp3) is 0.400. The van der Waals surface area contributed by atoms with Gasteiger partial charge in [0.1, 0.15) is 11.6 Å². The third kappa shape index (κ3) is 2.98. The van der Waals surface area contributed by atoms with Crippen molar-refractivity contribution in [1.82, 2.24) is 19.1 Å². The summed E-state index contributed by atoms with van der Waals surface area (Å²) in [7, 11) is -1.80. The predicted octanol–water partition coefficient (Wildman–Crippen LogP) is 1.35. The van der Waals surface area contributed by atoms with Crippen molar-refractivity contribution in [3.8, 4) is 6.07 Å². The normalized spacial score (nSPS) is 14.9. The monoisotopic (exact) mass is 331 g/mol. The lowest BCUT2D eigenvalue weighted by molar-refractivity contribution is 0.384. The summed E-state index contributed by atoms with van der Waals surface area (Å²) in [6, 6.07) is 7.99. The molecule has 3 rings (SSSR count). The van der Waals surface area contributed by atoms with Crippen molar-refractivity contribution in [1.29, 1.82) is 5.26 Å². The number of hydrogen-bond acceptors (Lipinski definition) is 5. The van der Waals surface area contributed by atoms with Crippen molar-refractivity contribution in [2.24, 2.45) is 7.05 Å². The van der Waals surface area contributed by atoms with Gasteiger partial charge < -0.3 is 4.57 Å². The Hall–Kier alpha value is -2.24. The molecule has 2 aromatic rings. The first-order chi connectivity index (χ1) is 10.9. The van der Waals surface area contributed by atoms with E-state index in [9.17, 15) is 8.42 Å². The topological polar surface area (TPSA) is 91.9 Å². The summed E-state index contributed by atoms with van der Waals surface area (Å²) in [4.78, 5) is 0.197. The van der Waals surface area contributed by atoms with Crippen molar-refractivity contribution < 1.29 is 8.42 Å². The van der Waals surface area contributed by atoms with Crippen LogP contribution < -0.4 is 0 Å². The molecule has 1 fully saturated rings. The Morgan fingerprint density at radius 1 is 1.30 bits per heavy atom. The molecule has 23 heavy (non-hydrogen) atoms. The van der Waals surface area contributed by atoms with E-state index in [0.717, 1.165) is 18.7 Å². The van der Waals surface area contributed by atoms with Crippen LogP contribution in [-0.4, -0.2) is 33.5 Å². The lowest BCUT2D eigenvalue weighted by Gasteiger charge is -2.21. The summed E-state index contributed by atoms with van der Waals surface area (Å²) in [5.74, 6) is 1.36. The Morgan fingerprint density at radius 2 is 1.96 bits per heavy atom. The smallest absolute Gasteiger partial charge is 0.243 e. The minimum Gasteiger partial charge on any atom is -0.317 e. The third-order valence-electron chi connectivity index (χ3n) is 4.02. The zero-order valence-electron chi connectivity index (χ0n) is 13.0. The maximum atomic E-state index is 12.9. The molecule has 120 valence electrons. The zero-order valence-corrected chi connectivity index (χ0v) is 13.8. The van der Waals surface area contributed by atoms with Gasteiger partial charge in [0.2, 0.25) is 10.0 Å². The number of nitriles is 1. The molecule has 0 N–H and O–H groups in total. The molecule has 0 aliphatic heterocycles. The number of aromatic nitrogens is 3. The van der Waals surface area contributed by atoms with Crippen LogP contribution in [0.3, 0.4) is 0 Å². The molecule has 0 spiro atoms. The first-order valence-corrected chi connectivity index (χ1v) is 8.74. The van der Waals surface area contributed by atoms with Crippen LogP contribution in [0, 0.1) is 18.3 Å². The molecule has 7 nitrogen and oxygen atoms in total. The van der Waals surface area contributed by atoms with Crippen molar-refractivity contribution in [3.05, 3.63) is 41.5 Å². The van der Waals surface area contributed by atoms with Crippen LogP contribution in [-0.2, 0) is 23.6 Å². The highest BCUT2D eigenvalue weighted by atomic mass is 32.2. The lowest BCUT2D eigenvalue weighted by Crippen LogP contribution is -2.33. The molecule has 1 aliphatic carbocycles. The van der Waals surface area contributed by atoms with Gasteiger partial charge in [-0.15, -0.1) is 10.2 Å². The molecular weight excluding hydrogens is 314 g/mol. The number of aryl methyl sites for hydroxylation is 1. The van der Waals surface area contributed by atoms with Gasteiger partial charge in [0.15, 0.2) is 0 Å². The molecule has 1 aliphatic rings. The summed E-state index contributed by atoms with van der Waals surface area (Å²) in [6.45, 7) is 2.03. The number of nitrogens with zero attached hydrogens (tertiary/aromatic N) is 5. The fourth-order valence-corrected chi connectivity index (χ4v) is 3.98. The van der Waals surface area contributed by atoms with Gasteiger partial charge >= 0.3 is 0 Å². The molecule has 1 aromatic heterocycles. The molecule has 0 bridgehead atoms. The molecule has 0 radical (unpaired) electrons. The predicted molar refractivity (Wildman–Crippen MR) is 82.6 cm³/mol. The molecule has 0 unspecified atom stereocenters. The maximum Gasteiger partial charge on any atom is 0.243 e. The first kappa shape index (κ1) is 15.6. The van der Waals surface area contributed by atoms with Gasteiger partial charge in [-0.1, -0.05) is 0 Å². The SMILES string of the molecule is Cc1nnc(CN(C2CC2)S(=O)(=O)c2ccc(C#N)cc2)n1C. The van der Waals surface area contributed by atoms with Gasteiger partial charge in [0.25, 0.3) is 0 Å². The van der Waals surface area contributed by atoms with Crippen LogP contribution in [0.4, 0.5) is 0 Å². The quantitative estimate of drug-likeness (QED) is 0.824. The van der Waals surface area contributed by atoms with Gasteiger partial charge in [-0.25, -0.2) is 8.42 Å². The van der Waals surface area contributed by atoms with E-state index in [-0.39, 0.29) is 17.5 Å². The van der Waals surface area contributed by atoms with Crippen LogP contribution in [0.15, 0.2) is 29.2 Å². The van der Waals surface area contributed by atoms with Crippen LogP contribution in [0.5, 0.6) is 0 Å². The average Bonchev–Trinajstić information content (AvgIpc) is 3.33. The number of sulfonamides is 1. The van der Waals surface area contributed by atoms with Gasteiger partial charge in [-0.3, -0.25) is 0 Å². The van der Waals surface area contributed by atoms with Crippen LogP contribution >= 0.6 is 0 Å². The van der Waals surface area contributed by atoms with E-state index in [2.05, 4.69) is 10.2 Å². The minimum atomic E-state index is -3.63. The second-order valence-electron chi connectivity index (χ2n) is 5.64. The third-order valence-corrected chi connectivity index (χ3v) is 5.94. The fourth-order valence-electron chi connectivity index (χ4n) is 2.34. The Kier molecular flexibility index (Phi) is 3.92. The number of hydrogen-bond donors (Lipinski definition) is 0. The molecule has 0 amide bonds. The van der Waals surface area contributed by atoms with E-state index in [1.165, 1.54) is 28.6 Å². The summed E-state index contributed by atoms with van der Waals surface area (Å²) in [6.07, 6.45) is 1.71. The van der Waals surface area contributed by atoms with E-state index in [1.54, 1.807) is 4.57 Å². The number of benzene rings is 1. The molecule has 8 heteroatoms. The van der Waals surface area contributed by atoms with Crippen LogP contribution in [0.25, 0.3) is 0 Å². The standard InChI is InChI=1S/C15H17N5O2S/c1-11-17-18-15(19(11)2)10-20(13-5-6-13)23(21,22)14-7-3-12(9-16)4-8-14/h3-4,7-8,13H,5-6,10H2,1-2H3. The van der Waals surface area contributed by atoms with E-state index >= 15 is 0 Å². The molecular formula is C15H17N5O2S. The average molecular weight is 331 g/mol. The summed E-state index contributed by atoms with van der Waals surface area (Å²) in [5, 5.41) is 16.9. The highest BCUT2D eigenvalue weighted by Gasteiger charge is 2.38.